The first-order valence-corrected chi connectivity index (χ1v) is 2.83. The minimum atomic E-state index is -3.29. The van der Waals surface area contributed by atoms with E-state index in [0.717, 1.165) is 6.92 Å². The van der Waals surface area contributed by atoms with Gasteiger partial charge in [-0.05, 0) is 6.92 Å². The molecule has 12 heavy (non-hydrogen) atoms. The third-order valence-corrected chi connectivity index (χ3v) is 1.35. The number of hydrogen-bond acceptors (Lipinski definition) is 6. The Bertz CT molecular complexity index is 200. The molecule has 0 aliphatic carbocycles. The summed E-state index contributed by atoms with van der Waals surface area (Å²) in [6.07, 6.45) is -0.792. The van der Waals surface area contributed by atoms with Gasteiger partial charge in [-0.15, -0.1) is 0 Å². The molecule has 0 bridgehead atoms. The first kappa shape index (κ1) is 10.2. The predicted molar refractivity (Wildman–Crippen MR) is 34.0 cm³/mol. The summed E-state index contributed by atoms with van der Waals surface area (Å²) < 4.78 is 0. The van der Waals surface area contributed by atoms with E-state index in [1.165, 1.54) is 0 Å². The van der Waals surface area contributed by atoms with E-state index in [4.69, 9.17) is 0 Å². The van der Waals surface area contributed by atoms with E-state index in [2.05, 4.69) is 0 Å². The largest absolute Gasteiger partial charge is 0.699 e. The molecule has 0 amide bonds. The summed E-state index contributed by atoms with van der Waals surface area (Å²) in [5.41, 5.74) is 0. The molecule has 0 aromatic heterocycles. The maximum atomic E-state index is 10.1. The highest BCUT2D eigenvalue weighted by molar-refractivity contribution is 4.48. The lowest BCUT2D eigenvalue weighted by molar-refractivity contribution is -0.970. The van der Waals surface area contributed by atoms with Crippen molar-refractivity contribution in [3.8, 4) is 0 Å². The maximum absolute atomic E-state index is 10.1. The number of hydrogen-bond donors (Lipinski definition) is 0. The molecule has 0 aliphatic heterocycles. The highest BCUT2D eigenvalue weighted by Crippen LogP contribution is 2.15. The van der Waals surface area contributed by atoms with Crippen molar-refractivity contribution in [1.82, 2.24) is 0 Å². The Kier molecular flexibility index (Phi) is 2.61. The van der Waals surface area contributed by atoms with Crippen LogP contribution in [0.5, 0.6) is 0 Å². The molecular formula is C3H5N3O6. The smallest absolute Gasteiger partial charge is 0.253 e. The van der Waals surface area contributed by atoms with Gasteiger partial charge in [0.2, 0.25) is 0 Å². The lowest BCUT2D eigenvalue weighted by Crippen LogP contribution is -2.52. The highest BCUT2D eigenvalue weighted by Gasteiger charge is 2.68. The van der Waals surface area contributed by atoms with E-state index in [1.807, 2.05) is 0 Å². The van der Waals surface area contributed by atoms with Crippen LogP contribution in [0.15, 0.2) is 0 Å². The molecule has 9 heteroatoms. The highest BCUT2D eigenvalue weighted by atomic mass is 16.7. The quantitative estimate of drug-likeness (QED) is 0.336. The third kappa shape index (κ3) is 1.15. The van der Waals surface area contributed by atoms with E-state index in [9.17, 15) is 30.3 Å². The van der Waals surface area contributed by atoms with Crippen molar-refractivity contribution in [2.75, 3.05) is 0 Å². The summed E-state index contributed by atoms with van der Waals surface area (Å²) in [4.78, 5) is 25.7. The zero-order chi connectivity index (χ0) is 9.94. The van der Waals surface area contributed by atoms with Gasteiger partial charge in [-0.1, -0.05) is 0 Å². The summed E-state index contributed by atoms with van der Waals surface area (Å²) in [6.45, 7) is 1.01. The molecule has 0 aromatic carbocycles. The van der Waals surface area contributed by atoms with Crippen LogP contribution in [0, 0.1) is 30.3 Å². The first-order chi connectivity index (χ1) is 5.39. The van der Waals surface area contributed by atoms with E-state index < -0.39 is 27.0 Å². The van der Waals surface area contributed by atoms with Gasteiger partial charge in [0.05, 0.1) is 0 Å². The fourth-order valence-electron chi connectivity index (χ4n) is 0.587. The van der Waals surface area contributed by atoms with Crippen LogP contribution in [0.25, 0.3) is 0 Å². The standard InChI is InChI=1S/C3H5N3O6/c1-2-3(4(7)8,5(9)10)6(11)12/h2H2,1H3. The number of rotatable bonds is 4. The maximum Gasteiger partial charge on any atom is 0.699 e. The lowest BCUT2D eigenvalue weighted by atomic mass is 10.3. The molecule has 0 N–H and O–H groups in total. The Morgan fingerprint density at radius 1 is 1.00 bits per heavy atom. The van der Waals surface area contributed by atoms with Crippen molar-refractivity contribution >= 4 is 0 Å². The molecule has 0 radical (unpaired) electrons. The first-order valence-electron chi connectivity index (χ1n) is 2.83. The van der Waals surface area contributed by atoms with Gasteiger partial charge in [0.25, 0.3) is 0 Å². The van der Waals surface area contributed by atoms with Crippen molar-refractivity contribution in [3.05, 3.63) is 30.3 Å². The van der Waals surface area contributed by atoms with Gasteiger partial charge in [0, 0.05) is 0 Å². The molecule has 9 nitrogen and oxygen atoms in total. The van der Waals surface area contributed by atoms with Crippen LogP contribution < -0.4 is 0 Å². The Morgan fingerprint density at radius 3 is 1.25 bits per heavy atom. The van der Waals surface area contributed by atoms with Gasteiger partial charge in [-0.3, -0.25) is 30.3 Å². The van der Waals surface area contributed by atoms with Crippen LogP contribution in [0.2, 0.25) is 0 Å². The zero-order valence-electron chi connectivity index (χ0n) is 6.00. The molecule has 0 rings (SSSR count). The van der Waals surface area contributed by atoms with Gasteiger partial charge < -0.3 is 0 Å². The molecule has 0 aromatic rings. The van der Waals surface area contributed by atoms with Crippen LogP contribution in [0.4, 0.5) is 0 Å². The topological polar surface area (TPSA) is 129 Å². The van der Waals surface area contributed by atoms with Crippen LogP contribution in [-0.2, 0) is 0 Å². The average molecular weight is 179 g/mol. The van der Waals surface area contributed by atoms with Crippen molar-refractivity contribution in [3.63, 3.8) is 0 Å². The fourth-order valence-corrected chi connectivity index (χ4v) is 0.587. The Balaban J connectivity index is 5.19. The van der Waals surface area contributed by atoms with Gasteiger partial charge in [0.15, 0.2) is 21.2 Å². The van der Waals surface area contributed by atoms with Crippen molar-refractivity contribution in [2.45, 2.75) is 19.1 Å². The number of nitro groups is 3. The zero-order valence-corrected chi connectivity index (χ0v) is 6.00. The fraction of sp³-hybridized carbons (Fsp3) is 1.00. The summed E-state index contributed by atoms with van der Waals surface area (Å²) in [5, 5.41) is 30.2. The minimum Gasteiger partial charge on any atom is -0.253 e. The second kappa shape index (κ2) is 3.07. The van der Waals surface area contributed by atoms with Gasteiger partial charge in [-0.25, -0.2) is 0 Å². The van der Waals surface area contributed by atoms with Crippen molar-refractivity contribution < 1.29 is 14.8 Å². The van der Waals surface area contributed by atoms with Gasteiger partial charge in [0.1, 0.15) is 0 Å². The SMILES string of the molecule is CCC([N+](=O)[O-])([N+](=O)[O-])[N+](=O)[O-]. The molecule has 0 spiro atoms. The summed E-state index contributed by atoms with van der Waals surface area (Å²) in [6, 6.07) is 0. The van der Waals surface area contributed by atoms with Crippen LogP contribution in [0.3, 0.4) is 0 Å². The van der Waals surface area contributed by atoms with Crippen LogP contribution in [0.1, 0.15) is 13.3 Å². The van der Waals surface area contributed by atoms with Gasteiger partial charge in [-0.2, -0.15) is 0 Å². The Morgan fingerprint density at radius 2 is 1.25 bits per heavy atom. The molecule has 0 aliphatic rings. The average Bonchev–Trinajstić information content (AvgIpc) is 1.86. The predicted octanol–water partition coefficient (Wildman–Crippen LogP) is -0.120. The molecule has 0 saturated heterocycles. The normalized spacial score (nSPS) is 10.8. The number of nitrogens with zero attached hydrogens (tertiary/aromatic N) is 3. The Hall–Kier alpha value is -1.80. The monoisotopic (exact) mass is 179 g/mol. The molecule has 0 unspecified atom stereocenters. The molecule has 68 valence electrons. The Labute approximate surface area is 65.4 Å². The van der Waals surface area contributed by atoms with E-state index >= 15 is 0 Å². The summed E-state index contributed by atoms with van der Waals surface area (Å²) >= 11 is 0. The molecular weight excluding hydrogens is 174 g/mol. The van der Waals surface area contributed by atoms with Crippen LogP contribution in [-0.4, -0.2) is 20.6 Å². The second-order valence-electron chi connectivity index (χ2n) is 1.90. The summed E-state index contributed by atoms with van der Waals surface area (Å²) in [7, 11) is 0. The third-order valence-electron chi connectivity index (χ3n) is 1.35. The van der Waals surface area contributed by atoms with Gasteiger partial charge >= 0.3 is 5.79 Å². The molecule has 0 fully saturated rings. The van der Waals surface area contributed by atoms with Crippen molar-refractivity contribution in [1.29, 1.82) is 0 Å². The van der Waals surface area contributed by atoms with E-state index in [-0.39, 0.29) is 0 Å². The minimum absolute atomic E-state index is 0.792. The lowest BCUT2D eigenvalue weighted by Gasteiger charge is -2.05. The summed E-state index contributed by atoms with van der Waals surface area (Å²) in [5.74, 6) is -3.29. The second-order valence-corrected chi connectivity index (χ2v) is 1.90. The van der Waals surface area contributed by atoms with E-state index in [1.54, 1.807) is 0 Å². The van der Waals surface area contributed by atoms with E-state index in [0.29, 0.717) is 0 Å². The molecule has 0 saturated carbocycles. The molecule has 0 heterocycles. The van der Waals surface area contributed by atoms with Crippen LogP contribution >= 0.6 is 0 Å². The van der Waals surface area contributed by atoms with Crippen molar-refractivity contribution in [2.24, 2.45) is 0 Å². The molecule has 0 atom stereocenters.